The first-order valence-corrected chi connectivity index (χ1v) is 10.1. The second-order valence-electron chi connectivity index (χ2n) is 7.55. The smallest absolute Gasteiger partial charge is 0.224 e. The van der Waals surface area contributed by atoms with E-state index in [4.69, 9.17) is 0 Å². The van der Waals surface area contributed by atoms with Crippen LogP contribution in [0.3, 0.4) is 0 Å². The highest BCUT2D eigenvalue weighted by atomic mass is 16.3. The Morgan fingerprint density at radius 1 is 1.10 bits per heavy atom. The molecule has 2 atom stereocenters. The number of hydrogen-bond acceptors (Lipinski definition) is 4. The summed E-state index contributed by atoms with van der Waals surface area (Å²) in [7, 11) is 1.79. The molecule has 1 aliphatic rings. The third-order valence-corrected chi connectivity index (χ3v) is 5.35. The summed E-state index contributed by atoms with van der Waals surface area (Å²) in [6.45, 7) is 2.12. The van der Waals surface area contributed by atoms with E-state index in [1.165, 1.54) is 0 Å². The van der Waals surface area contributed by atoms with Gasteiger partial charge in [-0.1, -0.05) is 48.5 Å². The number of likely N-dealkylation sites (N-methyl/N-ethyl adjacent to an activating group) is 1. The Labute approximate surface area is 172 Å². The van der Waals surface area contributed by atoms with Crippen LogP contribution in [0, 0.1) is 0 Å². The normalized spacial score (nSPS) is 17.7. The molecule has 0 spiro atoms. The Kier molecular flexibility index (Phi) is 7.38. The number of nitrogens with one attached hydrogen (secondary N) is 1. The van der Waals surface area contributed by atoms with Crippen molar-refractivity contribution in [3.8, 4) is 0 Å². The molecule has 2 amide bonds. The van der Waals surface area contributed by atoms with E-state index in [0.717, 1.165) is 24.2 Å². The molecular weight excluding hydrogens is 366 g/mol. The van der Waals surface area contributed by atoms with Crippen molar-refractivity contribution in [2.75, 3.05) is 32.0 Å². The lowest BCUT2D eigenvalue weighted by atomic mass is 10.0. The Morgan fingerprint density at radius 2 is 1.76 bits per heavy atom. The monoisotopic (exact) mass is 395 g/mol. The SMILES string of the molecule is CN(C(=O)CCC(=O)Nc1ccccc1)[C@H](CN1CC[C@H](O)C1)c1ccccc1. The van der Waals surface area contributed by atoms with Crippen molar-refractivity contribution in [2.24, 2.45) is 0 Å². The summed E-state index contributed by atoms with van der Waals surface area (Å²) in [6, 6.07) is 19.0. The molecule has 6 nitrogen and oxygen atoms in total. The van der Waals surface area contributed by atoms with Gasteiger partial charge in [0.15, 0.2) is 0 Å². The van der Waals surface area contributed by atoms with E-state index in [1.807, 2.05) is 60.7 Å². The lowest BCUT2D eigenvalue weighted by Crippen LogP contribution is -2.39. The van der Waals surface area contributed by atoms with Crippen LogP contribution in [0.25, 0.3) is 0 Å². The summed E-state index contributed by atoms with van der Waals surface area (Å²) in [6.07, 6.45) is 0.760. The molecule has 154 valence electrons. The zero-order chi connectivity index (χ0) is 20.6. The first-order valence-electron chi connectivity index (χ1n) is 10.1. The van der Waals surface area contributed by atoms with Gasteiger partial charge >= 0.3 is 0 Å². The van der Waals surface area contributed by atoms with Crippen LogP contribution < -0.4 is 5.32 Å². The number of β-amino-alcohol motifs (C(OH)–C–C–N with tert-alkyl or cyclic N) is 1. The molecule has 2 N–H and O–H groups in total. The predicted octanol–water partition coefficient (Wildman–Crippen LogP) is 2.67. The van der Waals surface area contributed by atoms with Gasteiger partial charge in [0.25, 0.3) is 0 Å². The largest absolute Gasteiger partial charge is 0.392 e. The molecule has 1 aliphatic heterocycles. The molecule has 1 saturated heterocycles. The lowest BCUT2D eigenvalue weighted by molar-refractivity contribution is -0.134. The second-order valence-corrected chi connectivity index (χ2v) is 7.55. The fourth-order valence-electron chi connectivity index (χ4n) is 3.66. The highest BCUT2D eigenvalue weighted by Gasteiger charge is 2.28. The Bertz CT molecular complexity index is 798. The number of carbonyl (C=O) groups excluding carboxylic acids is 2. The van der Waals surface area contributed by atoms with Crippen molar-refractivity contribution in [3.05, 3.63) is 66.2 Å². The minimum atomic E-state index is -0.297. The third kappa shape index (κ3) is 6.14. The number of carbonyl (C=O) groups is 2. The van der Waals surface area contributed by atoms with Crippen LogP contribution in [0.15, 0.2) is 60.7 Å². The zero-order valence-corrected chi connectivity index (χ0v) is 16.8. The number of aliphatic hydroxyl groups is 1. The molecule has 0 aromatic heterocycles. The molecule has 1 fully saturated rings. The highest BCUT2D eigenvalue weighted by Crippen LogP contribution is 2.24. The number of anilines is 1. The molecule has 0 radical (unpaired) electrons. The molecule has 0 unspecified atom stereocenters. The number of benzene rings is 2. The summed E-state index contributed by atoms with van der Waals surface area (Å²) in [5, 5.41) is 12.6. The van der Waals surface area contributed by atoms with Crippen molar-refractivity contribution >= 4 is 17.5 Å². The van der Waals surface area contributed by atoms with Gasteiger partial charge in [-0.05, 0) is 24.1 Å². The van der Waals surface area contributed by atoms with E-state index in [2.05, 4.69) is 10.2 Å². The number of para-hydroxylation sites is 1. The van der Waals surface area contributed by atoms with Gasteiger partial charge < -0.3 is 15.3 Å². The number of likely N-dealkylation sites (tertiary alicyclic amines) is 1. The molecule has 0 bridgehead atoms. The fraction of sp³-hybridized carbons (Fsp3) is 0.391. The summed E-state index contributed by atoms with van der Waals surface area (Å²) in [5.74, 6) is -0.237. The number of aliphatic hydroxyl groups excluding tert-OH is 1. The van der Waals surface area contributed by atoms with Gasteiger partial charge in [0.1, 0.15) is 0 Å². The Hall–Kier alpha value is -2.70. The van der Waals surface area contributed by atoms with Crippen LogP contribution in [-0.4, -0.2) is 59.5 Å². The number of hydrogen-bond donors (Lipinski definition) is 2. The average Bonchev–Trinajstić information content (AvgIpc) is 3.16. The average molecular weight is 396 g/mol. The number of nitrogens with zero attached hydrogens (tertiary/aromatic N) is 2. The molecular formula is C23H29N3O3. The minimum Gasteiger partial charge on any atom is -0.392 e. The zero-order valence-electron chi connectivity index (χ0n) is 16.8. The van der Waals surface area contributed by atoms with E-state index in [-0.39, 0.29) is 36.8 Å². The van der Waals surface area contributed by atoms with Gasteiger partial charge in [-0.3, -0.25) is 14.5 Å². The second kappa shape index (κ2) is 10.2. The maximum absolute atomic E-state index is 12.8. The van der Waals surface area contributed by atoms with E-state index in [1.54, 1.807) is 11.9 Å². The van der Waals surface area contributed by atoms with Gasteiger partial charge in [-0.2, -0.15) is 0 Å². The van der Waals surface area contributed by atoms with Crippen LogP contribution in [0.2, 0.25) is 0 Å². The summed E-state index contributed by atoms with van der Waals surface area (Å²) < 4.78 is 0. The van der Waals surface area contributed by atoms with Crippen molar-refractivity contribution in [3.63, 3.8) is 0 Å². The van der Waals surface area contributed by atoms with Crippen LogP contribution in [0.4, 0.5) is 5.69 Å². The quantitative estimate of drug-likeness (QED) is 0.721. The number of amides is 2. The van der Waals surface area contributed by atoms with Gasteiger partial charge in [0.2, 0.25) is 11.8 Å². The van der Waals surface area contributed by atoms with Gasteiger partial charge in [0.05, 0.1) is 12.1 Å². The summed E-state index contributed by atoms with van der Waals surface area (Å²) in [4.78, 5) is 28.9. The van der Waals surface area contributed by atoms with Crippen LogP contribution in [0.1, 0.15) is 30.9 Å². The molecule has 29 heavy (non-hydrogen) atoms. The Morgan fingerprint density at radius 3 is 2.38 bits per heavy atom. The summed E-state index contributed by atoms with van der Waals surface area (Å²) in [5.41, 5.74) is 1.78. The van der Waals surface area contributed by atoms with E-state index in [9.17, 15) is 14.7 Å². The molecule has 2 aromatic carbocycles. The minimum absolute atomic E-state index is 0.0678. The van der Waals surface area contributed by atoms with Crippen molar-refractivity contribution < 1.29 is 14.7 Å². The van der Waals surface area contributed by atoms with E-state index >= 15 is 0 Å². The molecule has 1 heterocycles. The highest BCUT2D eigenvalue weighted by molar-refractivity contribution is 5.93. The van der Waals surface area contributed by atoms with Crippen LogP contribution in [-0.2, 0) is 9.59 Å². The molecule has 2 aromatic rings. The van der Waals surface area contributed by atoms with E-state index in [0.29, 0.717) is 13.1 Å². The van der Waals surface area contributed by atoms with Crippen LogP contribution >= 0.6 is 0 Å². The third-order valence-electron chi connectivity index (χ3n) is 5.35. The number of rotatable bonds is 8. The fourth-order valence-corrected chi connectivity index (χ4v) is 3.66. The van der Waals surface area contributed by atoms with Gasteiger partial charge in [-0.15, -0.1) is 0 Å². The Balaban J connectivity index is 1.59. The first kappa shape index (κ1) is 21.0. The molecule has 0 aliphatic carbocycles. The standard InChI is InChI=1S/C23H29N3O3/c1-25(23(29)13-12-22(28)24-19-10-6-3-7-11-19)21(18-8-4-2-5-9-18)17-26-15-14-20(27)16-26/h2-11,20-21,27H,12-17H2,1H3,(H,24,28)/t20-,21+/m0/s1. The molecule has 0 saturated carbocycles. The van der Waals surface area contributed by atoms with Crippen LogP contribution in [0.5, 0.6) is 0 Å². The topological polar surface area (TPSA) is 72.9 Å². The van der Waals surface area contributed by atoms with Crippen molar-refractivity contribution in [2.45, 2.75) is 31.4 Å². The summed E-state index contributed by atoms with van der Waals surface area (Å²) >= 11 is 0. The predicted molar refractivity (Wildman–Crippen MR) is 113 cm³/mol. The van der Waals surface area contributed by atoms with Crippen molar-refractivity contribution in [1.82, 2.24) is 9.80 Å². The van der Waals surface area contributed by atoms with Gasteiger partial charge in [0, 0.05) is 45.2 Å². The maximum Gasteiger partial charge on any atom is 0.224 e. The molecule has 3 rings (SSSR count). The van der Waals surface area contributed by atoms with E-state index < -0.39 is 0 Å². The van der Waals surface area contributed by atoms with Crippen molar-refractivity contribution in [1.29, 1.82) is 0 Å². The van der Waals surface area contributed by atoms with Gasteiger partial charge in [-0.25, -0.2) is 0 Å². The molecule has 6 heteroatoms. The maximum atomic E-state index is 12.8. The lowest BCUT2D eigenvalue weighted by Gasteiger charge is -2.32. The first-order chi connectivity index (χ1) is 14.0.